The van der Waals surface area contributed by atoms with Gasteiger partial charge in [-0.05, 0) is 18.2 Å². The van der Waals surface area contributed by atoms with Gasteiger partial charge >= 0.3 is 6.03 Å². The lowest BCUT2D eigenvalue weighted by atomic mass is 10.3. The fraction of sp³-hybridized carbons (Fsp3) is 0.273. The molecule has 1 aliphatic heterocycles. The van der Waals surface area contributed by atoms with Crippen molar-refractivity contribution in [3.63, 3.8) is 0 Å². The van der Waals surface area contributed by atoms with E-state index < -0.39 is 0 Å². The molecule has 6 heteroatoms. The molecule has 1 fully saturated rings. The lowest BCUT2D eigenvalue weighted by Crippen LogP contribution is -2.51. The molecular formula is C11H12ClN3O2. The number of nitrogens with zero attached hydrogens (tertiary/aromatic N) is 1. The summed E-state index contributed by atoms with van der Waals surface area (Å²) in [5, 5.41) is 5.91. The van der Waals surface area contributed by atoms with E-state index in [0.29, 0.717) is 23.8 Å². The van der Waals surface area contributed by atoms with E-state index in [-0.39, 0.29) is 18.5 Å². The zero-order valence-corrected chi connectivity index (χ0v) is 9.83. The SMILES string of the molecule is O=C1CN(C(=O)Nc2cccc(Cl)c2)CCN1. The summed E-state index contributed by atoms with van der Waals surface area (Å²) >= 11 is 5.81. The summed E-state index contributed by atoms with van der Waals surface area (Å²) in [6.45, 7) is 1.09. The fourth-order valence-corrected chi connectivity index (χ4v) is 1.77. The Morgan fingerprint density at radius 1 is 1.47 bits per heavy atom. The molecule has 1 heterocycles. The summed E-state index contributed by atoms with van der Waals surface area (Å²) in [5.74, 6) is -0.141. The van der Waals surface area contributed by atoms with E-state index in [0.717, 1.165) is 0 Å². The van der Waals surface area contributed by atoms with Crippen molar-refractivity contribution in [3.8, 4) is 0 Å². The number of urea groups is 1. The van der Waals surface area contributed by atoms with Crippen LogP contribution >= 0.6 is 11.6 Å². The average Bonchev–Trinajstić information content (AvgIpc) is 2.29. The van der Waals surface area contributed by atoms with Crippen LogP contribution in [0, 0.1) is 0 Å². The number of benzene rings is 1. The van der Waals surface area contributed by atoms with Crippen LogP contribution in [0.25, 0.3) is 0 Å². The fourth-order valence-electron chi connectivity index (χ4n) is 1.58. The van der Waals surface area contributed by atoms with Crippen LogP contribution in [0.5, 0.6) is 0 Å². The number of halogens is 1. The van der Waals surface area contributed by atoms with E-state index in [9.17, 15) is 9.59 Å². The summed E-state index contributed by atoms with van der Waals surface area (Å²) < 4.78 is 0. The van der Waals surface area contributed by atoms with Gasteiger partial charge in [0, 0.05) is 23.8 Å². The molecule has 0 saturated carbocycles. The largest absolute Gasteiger partial charge is 0.353 e. The number of hydrogen-bond acceptors (Lipinski definition) is 2. The van der Waals surface area contributed by atoms with Gasteiger partial charge in [0.25, 0.3) is 0 Å². The summed E-state index contributed by atoms with van der Waals surface area (Å²) in [4.78, 5) is 24.4. The van der Waals surface area contributed by atoms with Crippen molar-refractivity contribution in [2.75, 3.05) is 25.0 Å². The molecule has 0 unspecified atom stereocenters. The molecule has 0 atom stereocenters. The van der Waals surface area contributed by atoms with Crippen molar-refractivity contribution in [2.24, 2.45) is 0 Å². The quantitative estimate of drug-likeness (QED) is 0.793. The van der Waals surface area contributed by atoms with Gasteiger partial charge in [-0.3, -0.25) is 4.79 Å². The number of anilines is 1. The van der Waals surface area contributed by atoms with Gasteiger partial charge in [-0.25, -0.2) is 4.79 Å². The van der Waals surface area contributed by atoms with Gasteiger partial charge in [-0.2, -0.15) is 0 Å². The molecule has 5 nitrogen and oxygen atoms in total. The number of amides is 3. The number of nitrogens with one attached hydrogen (secondary N) is 2. The van der Waals surface area contributed by atoms with Gasteiger partial charge in [0.05, 0.1) is 0 Å². The van der Waals surface area contributed by atoms with Crippen LogP contribution in [-0.2, 0) is 4.79 Å². The number of hydrogen-bond donors (Lipinski definition) is 2. The zero-order chi connectivity index (χ0) is 12.3. The van der Waals surface area contributed by atoms with E-state index in [1.54, 1.807) is 24.3 Å². The van der Waals surface area contributed by atoms with Gasteiger partial charge < -0.3 is 15.5 Å². The Morgan fingerprint density at radius 2 is 2.29 bits per heavy atom. The first-order valence-electron chi connectivity index (χ1n) is 5.23. The van der Waals surface area contributed by atoms with Gasteiger partial charge in [0.2, 0.25) is 5.91 Å². The highest BCUT2D eigenvalue weighted by atomic mass is 35.5. The maximum absolute atomic E-state index is 11.8. The molecule has 1 aliphatic rings. The van der Waals surface area contributed by atoms with Crippen molar-refractivity contribution in [2.45, 2.75) is 0 Å². The summed E-state index contributed by atoms with van der Waals surface area (Å²) in [7, 11) is 0. The van der Waals surface area contributed by atoms with Crippen molar-refractivity contribution in [1.82, 2.24) is 10.2 Å². The topological polar surface area (TPSA) is 61.4 Å². The second-order valence-corrected chi connectivity index (χ2v) is 4.15. The Bertz CT molecular complexity index is 450. The summed E-state index contributed by atoms with van der Waals surface area (Å²) in [6, 6.07) is 6.59. The number of carbonyl (C=O) groups is 2. The molecule has 90 valence electrons. The van der Waals surface area contributed by atoms with Gasteiger partial charge in [0.15, 0.2) is 0 Å². The zero-order valence-electron chi connectivity index (χ0n) is 9.07. The highest BCUT2D eigenvalue weighted by molar-refractivity contribution is 6.30. The maximum Gasteiger partial charge on any atom is 0.322 e. The van der Waals surface area contributed by atoms with Gasteiger partial charge in [0.1, 0.15) is 6.54 Å². The molecule has 3 amide bonds. The van der Waals surface area contributed by atoms with Crippen molar-refractivity contribution in [3.05, 3.63) is 29.3 Å². The number of carbonyl (C=O) groups excluding carboxylic acids is 2. The second-order valence-electron chi connectivity index (χ2n) is 3.71. The smallest absolute Gasteiger partial charge is 0.322 e. The van der Waals surface area contributed by atoms with Crippen LogP contribution in [-0.4, -0.2) is 36.5 Å². The molecule has 2 rings (SSSR count). The van der Waals surface area contributed by atoms with E-state index in [2.05, 4.69) is 10.6 Å². The normalized spacial score (nSPS) is 15.4. The Balaban J connectivity index is 1.99. The van der Waals surface area contributed by atoms with Crippen LogP contribution in [0.3, 0.4) is 0 Å². The van der Waals surface area contributed by atoms with E-state index in [4.69, 9.17) is 11.6 Å². The first kappa shape index (κ1) is 11.7. The number of rotatable bonds is 1. The molecule has 17 heavy (non-hydrogen) atoms. The van der Waals surface area contributed by atoms with E-state index in [1.165, 1.54) is 4.90 Å². The standard InChI is InChI=1S/C11H12ClN3O2/c12-8-2-1-3-9(6-8)14-11(17)15-5-4-13-10(16)7-15/h1-3,6H,4-5,7H2,(H,13,16)(H,14,17). The van der Waals surface area contributed by atoms with Crippen LogP contribution in [0.15, 0.2) is 24.3 Å². The van der Waals surface area contributed by atoms with Gasteiger partial charge in [-0.15, -0.1) is 0 Å². The lowest BCUT2D eigenvalue weighted by Gasteiger charge is -2.26. The van der Waals surface area contributed by atoms with E-state index in [1.807, 2.05) is 0 Å². The monoisotopic (exact) mass is 253 g/mol. The first-order chi connectivity index (χ1) is 8.15. The Labute approximate surface area is 104 Å². The minimum Gasteiger partial charge on any atom is -0.353 e. The summed E-state index contributed by atoms with van der Waals surface area (Å²) in [5.41, 5.74) is 0.619. The van der Waals surface area contributed by atoms with Crippen molar-refractivity contribution >= 4 is 29.2 Å². The van der Waals surface area contributed by atoms with Crippen LogP contribution in [0.4, 0.5) is 10.5 Å². The van der Waals surface area contributed by atoms with Crippen molar-refractivity contribution in [1.29, 1.82) is 0 Å². The molecule has 0 aliphatic carbocycles. The molecular weight excluding hydrogens is 242 g/mol. The van der Waals surface area contributed by atoms with Crippen LogP contribution in [0.1, 0.15) is 0 Å². The number of piperazine rings is 1. The molecule has 0 spiro atoms. The molecule has 0 radical (unpaired) electrons. The van der Waals surface area contributed by atoms with Crippen LogP contribution < -0.4 is 10.6 Å². The molecule has 1 aromatic rings. The summed E-state index contributed by atoms with van der Waals surface area (Å²) in [6.07, 6.45) is 0. The third kappa shape index (κ3) is 3.10. The predicted octanol–water partition coefficient (Wildman–Crippen LogP) is 1.30. The molecule has 0 bridgehead atoms. The maximum atomic E-state index is 11.8. The molecule has 0 aromatic heterocycles. The molecule has 1 aromatic carbocycles. The van der Waals surface area contributed by atoms with Crippen LogP contribution in [0.2, 0.25) is 5.02 Å². The lowest BCUT2D eigenvalue weighted by molar-refractivity contribution is -0.123. The Morgan fingerprint density at radius 3 is 3.00 bits per heavy atom. The third-order valence-corrected chi connectivity index (χ3v) is 2.64. The Kier molecular flexibility index (Phi) is 3.49. The first-order valence-corrected chi connectivity index (χ1v) is 5.61. The average molecular weight is 254 g/mol. The van der Waals surface area contributed by atoms with E-state index >= 15 is 0 Å². The van der Waals surface area contributed by atoms with Crippen molar-refractivity contribution < 1.29 is 9.59 Å². The second kappa shape index (κ2) is 5.05. The minimum atomic E-state index is -0.290. The third-order valence-electron chi connectivity index (χ3n) is 2.40. The Hall–Kier alpha value is -1.75. The van der Waals surface area contributed by atoms with Gasteiger partial charge in [-0.1, -0.05) is 17.7 Å². The highest BCUT2D eigenvalue weighted by Gasteiger charge is 2.20. The molecule has 1 saturated heterocycles. The minimum absolute atomic E-state index is 0.0897. The highest BCUT2D eigenvalue weighted by Crippen LogP contribution is 2.15. The predicted molar refractivity (Wildman–Crippen MR) is 65.1 cm³/mol. The molecule has 2 N–H and O–H groups in total.